The van der Waals surface area contributed by atoms with Crippen LogP contribution in [0.5, 0.6) is 0 Å². The highest BCUT2D eigenvalue weighted by Crippen LogP contribution is 2.36. The molecule has 0 saturated carbocycles. The normalized spacial score (nSPS) is 12.1. The van der Waals surface area contributed by atoms with Gasteiger partial charge in [0.25, 0.3) is 5.89 Å². The van der Waals surface area contributed by atoms with Gasteiger partial charge in [-0.15, -0.1) is 0 Å². The molecular weight excluding hydrogens is 419 g/mol. The summed E-state index contributed by atoms with van der Waals surface area (Å²) < 4.78 is 48.2. The standard InChI is InChI=1S/C24H22F3N3O2/c1-15(2)13-16-7-8-17(14-20(16)24(25,26)27)23-28-22(29-32-23)19-5-3-6-21-18(19)9-11-30(21)10-4-12-31/h3,5-9,11-12,14-15H,4,10,13H2,1-2H3. The van der Waals surface area contributed by atoms with Crippen LogP contribution in [-0.4, -0.2) is 21.0 Å². The molecule has 2 aromatic carbocycles. The number of hydrogen-bond acceptors (Lipinski definition) is 4. The van der Waals surface area contributed by atoms with Gasteiger partial charge in [-0.1, -0.05) is 37.2 Å². The topological polar surface area (TPSA) is 60.9 Å². The average Bonchev–Trinajstić information content (AvgIpc) is 3.39. The van der Waals surface area contributed by atoms with Crippen LogP contribution in [-0.2, 0) is 23.9 Å². The van der Waals surface area contributed by atoms with Gasteiger partial charge in [0.15, 0.2) is 0 Å². The van der Waals surface area contributed by atoms with Gasteiger partial charge in [-0.2, -0.15) is 18.2 Å². The molecule has 2 heterocycles. The van der Waals surface area contributed by atoms with Gasteiger partial charge in [-0.05, 0) is 42.2 Å². The largest absolute Gasteiger partial charge is 0.416 e. The minimum absolute atomic E-state index is 0.0268. The Morgan fingerprint density at radius 2 is 1.97 bits per heavy atom. The second-order valence-corrected chi connectivity index (χ2v) is 8.09. The molecule has 0 saturated heterocycles. The number of carbonyl (C=O) groups is 1. The van der Waals surface area contributed by atoms with E-state index in [2.05, 4.69) is 10.1 Å². The van der Waals surface area contributed by atoms with Crippen molar-refractivity contribution >= 4 is 17.2 Å². The van der Waals surface area contributed by atoms with Gasteiger partial charge in [0.1, 0.15) is 6.29 Å². The summed E-state index contributed by atoms with van der Waals surface area (Å²) in [5.74, 6) is 0.411. The number of nitrogens with zero attached hydrogens (tertiary/aromatic N) is 3. The molecule has 0 aliphatic rings. The van der Waals surface area contributed by atoms with Gasteiger partial charge < -0.3 is 13.9 Å². The van der Waals surface area contributed by atoms with E-state index < -0.39 is 11.7 Å². The van der Waals surface area contributed by atoms with E-state index >= 15 is 0 Å². The summed E-state index contributed by atoms with van der Waals surface area (Å²) in [4.78, 5) is 15.1. The molecule has 166 valence electrons. The maximum absolute atomic E-state index is 13.6. The lowest BCUT2D eigenvalue weighted by Crippen LogP contribution is -2.11. The highest BCUT2D eigenvalue weighted by molar-refractivity contribution is 5.94. The molecule has 8 heteroatoms. The smallest absolute Gasteiger partial charge is 0.347 e. The lowest BCUT2D eigenvalue weighted by molar-refractivity contribution is -0.138. The number of aldehydes is 1. The maximum Gasteiger partial charge on any atom is 0.416 e. The fourth-order valence-corrected chi connectivity index (χ4v) is 3.85. The third kappa shape index (κ3) is 4.30. The van der Waals surface area contributed by atoms with Crippen LogP contribution in [0.15, 0.2) is 53.2 Å². The van der Waals surface area contributed by atoms with Crippen LogP contribution < -0.4 is 0 Å². The van der Waals surface area contributed by atoms with Crippen LogP contribution in [0.1, 0.15) is 31.4 Å². The van der Waals surface area contributed by atoms with Crippen LogP contribution in [0.3, 0.4) is 0 Å². The van der Waals surface area contributed by atoms with Gasteiger partial charge in [0.05, 0.1) is 5.56 Å². The number of hydrogen-bond donors (Lipinski definition) is 0. The second-order valence-electron chi connectivity index (χ2n) is 8.09. The Hall–Kier alpha value is -3.42. The Labute approximate surface area is 182 Å². The number of fused-ring (bicyclic) bond motifs is 1. The molecule has 0 bridgehead atoms. The summed E-state index contributed by atoms with van der Waals surface area (Å²) in [6.45, 7) is 4.31. The van der Waals surface area contributed by atoms with Gasteiger partial charge in [-0.25, -0.2) is 0 Å². The molecule has 0 atom stereocenters. The summed E-state index contributed by atoms with van der Waals surface area (Å²) in [7, 11) is 0. The van der Waals surface area contributed by atoms with Gasteiger partial charge in [0.2, 0.25) is 5.82 Å². The number of benzene rings is 2. The summed E-state index contributed by atoms with van der Waals surface area (Å²) >= 11 is 0. The zero-order valence-electron chi connectivity index (χ0n) is 17.7. The SMILES string of the molecule is CC(C)Cc1ccc(-c2nc(-c3cccc4c3ccn4CCC=O)no2)cc1C(F)(F)F. The number of rotatable bonds is 7. The maximum atomic E-state index is 13.6. The molecule has 0 spiro atoms. The van der Waals surface area contributed by atoms with E-state index in [0.29, 0.717) is 30.8 Å². The summed E-state index contributed by atoms with van der Waals surface area (Å²) in [6.07, 6.45) is -1.01. The highest BCUT2D eigenvalue weighted by atomic mass is 19.4. The first-order chi connectivity index (χ1) is 15.3. The lowest BCUT2D eigenvalue weighted by Gasteiger charge is -2.15. The van der Waals surface area contributed by atoms with Crippen molar-refractivity contribution in [3.05, 3.63) is 59.8 Å². The van der Waals surface area contributed by atoms with Crippen molar-refractivity contribution in [1.29, 1.82) is 0 Å². The molecule has 0 unspecified atom stereocenters. The van der Waals surface area contributed by atoms with Crippen molar-refractivity contribution in [2.75, 3.05) is 0 Å². The summed E-state index contributed by atoms with van der Waals surface area (Å²) in [6, 6.07) is 11.6. The first kappa shape index (κ1) is 21.8. The van der Waals surface area contributed by atoms with E-state index in [4.69, 9.17) is 4.52 Å². The molecule has 0 fully saturated rings. The predicted octanol–water partition coefficient (Wildman–Crippen LogP) is 6.16. The third-order valence-corrected chi connectivity index (χ3v) is 5.26. The minimum atomic E-state index is -4.47. The first-order valence-corrected chi connectivity index (χ1v) is 10.3. The number of aryl methyl sites for hydroxylation is 1. The van der Waals surface area contributed by atoms with E-state index in [1.807, 2.05) is 48.9 Å². The molecule has 0 N–H and O–H groups in total. The number of carbonyl (C=O) groups excluding carboxylic acids is 1. The van der Waals surface area contributed by atoms with Crippen LogP contribution in [0.2, 0.25) is 0 Å². The van der Waals surface area contributed by atoms with Gasteiger partial charge >= 0.3 is 6.18 Å². The van der Waals surface area contributed by atoms with Crippen molar-refractivity contribution in [2.45, 2.75) is 39.4 Å². The molecule has 0 amide bonds. The van der Waals surface area contributed by atoms with E-state index in [-0.39, 0.29) is 22.9 Å². The van der Waals surface area contributed by atoms with Gasteiger partial charge in [0, 0.05) is 41.2 Å². The zero-order chi connectivity index (χ0) is 22.9. The first-order valence-electron chi connectivity index (χ1n) is 10.3. The van der Waals surface area contributed by atoms with Crippen LogP contribution in [0.4, 0.5) is 13.2 Å². The zero-order valence-corrected chi connectivity index (χ0v) is 17.7. The van der Waals surface area contributed by atoms with Crippen molar-refractivity contribution in [1.82, 2.24) is 14.7 Å². The average molecular weight is 441 g/mol. The number of aromatic nitrogens is 3. The van der Waals surface area contributed by atoms with E-state index in [9.17, 15) is 18.0 Å². The van der Waals surface area contributed by atoms with Crippen molar-refractivity contribution < 1.29 is 22.5 Å². The molecule has 0 aliphatic carbocycles. The van der Waals surface area contributed by atoms with Crippen LogP contribution in [0, 0.1) is 5.92 Å². The highest BCUT2D eigenvalue weighted by Gasteiger charge is 2.34. The third-order valence-electron chi connectivity index (χ3n) is 5.26. The molecule has 4 aromatic rings. The van der Waals surface area contributed by atoms with Crippen LogP contribution in [0.25, 0.3) is 33.7 Å². The fourth-order valence-electron chi connectivity index (χ4n) is 3.85. The summed E-state index contributed by atoms with van der Waals surface area (Å²) in [5.41, 5.74) is 1.40. The number of alkyl halides is 3. The molecule has 5 nitrogen and oxygen atoms in total. The Balaban J connectivity index is 1.72. The molecule has 4 rings (SSSR count). The molecule has 32 heavy (non-hydrogen) atoms. The van der Waals surface area contributed by atoms with Gasteiger partial charge in [-0.3, -0.25) is 0 Å². The Morgan fingerprint density at radius 1 is 1.16 bits per heavy atom. The summed E-state index contributed by atoms with van der Waals surface area (Å²) in [5, 5.41) is 4.88. The van der Waals surface area contributed by atoms with Crippen molar-refractivity contribution in [3.63, 3.8) is 0 Å². The molecule has 0 aliphatic heterocycles. The molecular formula is C24H22F3N3O2. The quantitative estimate of drug-likeness (QED) is 0.322. The fraction of sp³-hybridized carbons (Fsp3) is 0.292. The Kier molecular flexibility index (Phi) is 5.86. The van der Waals surface area contributed by atoms with E-state index in [1.165, 1.54) is 6.07 Å². The van der Waals surface area contributed by atoms with E-state index in [0.717, 1.165) is 23.3 Å². The van der Waals surface area contributed by atoms with E-state index in [1.54, 1.807) is 6.07 Å². The minimum Gasteiger partial charge on any atom is -0.347 e. The monoisotopic (exact) mass is 441 g/mol. The van der Waals surface area contributed by atoms with Crippen LogP contribution >= 0.6 is 0 Å². The molecule has 2 aromatic heterocycles. The Bertz CT molecular complexity index is 1260. The predicted molar refractivity (Wildman–Crippen MR) is 115 cm³/mol. The lowest BCUT2D eigenvalue weighted by atomic mass is 9.96. The van der Waals surface area contributed by atoms with Crippen molar-refractivity contribution in [2.24, 2.45) is 5.92 Å². The number of halogens is 3. The Morgan fingerprint density at radius 3 is 2.69 bits per heavy atom. The van der Waals surface area contributed by atoms with Crippen molar-refractivity contribution in [3.8, 4) is 22.8 Å². The second kappa shape index (κ2) is 8.61. The molecule has 0 radical (unpaired) electrons.